The van der Waals surface area contributed by atoms with Gasteiger partial charge in [0.15, 0.2) is 0 Å². The Bertz CT molecular complexity index is 521. The number of aryl methyl sites for hydroxylation is 1. The zero-order valence-electron chi connectivity index (χ0n) is 10.8. The van der Waals surface area contributed by atoms with Crippen LogP contribution in [-0.4, -0.2) is 31.6 Å². The van der Waals surface area contributed by atoms with Gasteiger partial charge in [-0.05, 0) is 28.7 Å². The number of anilines is 1. The van der Waals surface area contributed by atoms with Gasteiger partial charge in [-0.2, -0.15) is 0 Å². The van der Waals surface area contributed by atoms with E-state index in [-0.39, 0.29) is 30.0 Å². The second-order valence-corrected chi connectivity index (χ2v) is 4.83. The highest BCUT2D eigenvalue weighted by atomic mass is 16.6. The van der Waals surface area contributed by atoms with Crippen LogP contribution in [0.1, 0.15) is 25.1 Å². The molecule has 0 aromatic carbocycles. The standard InChI is InChI=1S/C11H16N4O4/c1-6-12-11(15(18)19)10(14(6)2)13-8(5-9(16)17)7-3-4-7/h7-8,13H,3-5H2,1-2H3,(H,16,17). The maximum absolute atomic E-state index is 10.9. The minimum Gasteiger partial charge on any atom is -0.481 e. The molecule has 1 unspecified atom stereocenters. The number of rotatable bonds is 6. The van der Waals surface area contributed by atoms with Gasteiger partial charge in [-0.15, -0.1) is 0 Å². The van der Waals surface area contributed by atoms with Gasteiger partial charge in [-0.3, -0.25) is 9.36 Å². The van der Waals surface area contributed by atoms with E-state index in [9.17, 15) is 14.9 Å². The molecule has 0 saturated heterocycles. The number of nitrogens with one attached hydrogen (secondary N) is 1. The Labute approximate surface area is 109 Å². The molecule has 2 N–H and O–H groups in total. The summed E-state index contributed by atoms with van der Waals surface area (Å²) in [7, 11) is 1.67. The van der Waals surface area contributed by atoms with E-state index >= 15 is 0 Å². The van der Waals surface area contributed by atoms with Crippen molar-refractivity contribution in [3.8, 4) is 0 Å². The van der Waals surface area contributed by atoms with Crippen LogP contribution in [0.25, 0.3) is 0 Å². The van der Waals surface area contributed by atoms with Gasteiger partial charge in [0.05, 0.1) is 6.42 Å². The summed E-state index contributed by atoms with van der Waals surface area (Å²) in [5.41, 5.74) is 0. The fourth-order valence-corrected chi connectivity index (χ4v) is 2.08. The SMILES string of the molecule is Cc1nc([N+](=O)[O-])c(NC(CC(=O)O)C2CC2)n1C. The van der Waals surface area contributed by atoms with Crippen LogP contribution in [0.2, 0.25) is 0 Å². The fraction of sp³-hybridized carbons (Fsp3) is 0.636. The summed E-state index contributed by atoms with van der Waals surface area (Å²) in [6.45, 7) is 1.67. The minimum atomic E-state index is -0.911. The van der Waals surface area contributed by atoms with Crippen LogP contribution < -0.4 is 5.32 Å². The van der Waals surface area contributed by atoms with Crippen LogP contribution in [0, 0.1) is 23.0 Å². The number of nitro groups is 1. The van der Waals surface area contributed by atoms with E-state index in [1.165, 1.54) is 0 Å². The highest BCUT2D eigenvalue weighted by Crippen LogP contribution is 2.37. The molecule has 2 rings (SSSR count). The van der Waals surface area contributed by atoms with E-state index in [2.05, 4.69) is 10.3 Å². The van der Waals surface area contributed by atoms with E-state index in [1.807, 2.05) is 0 Å². The van der Waals surface area contributed by atoms with E-state index in [1.54, 1.807) is 18.5 Å². The first-order valence-corrected chi connectivity index (χ1v) is 6.06. The molecule has 0 aliphatic heterocycles. The summed E-state index contributed by atoms with van der Waals surface area (Å²) in [4.78, 5) is 25.1. The third-order valence-electron chi connectivity index (χ3n) is 3.38. The van der Waals surface area contributed by atoms with Crippen molar-refractivity contribution in [1.82, 2.24) is 9.55 Å². The molecule has 8 heteroatoms. The average Bonchev–Trinajstić information content (AvgIpc) is 3.10. The molecule has 0 spiro atoms. The second kappa shape index (κ2) is 4.87. The lowest BCUT2D eigenvalue weighted by molar-refractivity contribution is -0.388. The first-order valence-electron chi connectivity index (χ1n) is 6.06. The first-order chi connectivity index (χ1) is 8.90. The third-order valence-corrected chi connectivity index (χ3v) is 3.38. The highest BCUT2D eigenvalue weighted by Gasteiger charge is 2.35. The average molecular weight is 268 g/mol. The van der Waals surface area contributed by atoms with Gasteiger partial charge in [0, 0.05) is 20.0 Å². The van der Waals surface area contributed by atoms with Crippen molar-refractivity contribution in [2.75, 3.05) is 5.32 Å². The van der Waals surface area contributed by atoms with Crippen molar-refractivity contribution in [3.63, 3.8) is 0 Å². The lowest BCUT2D eigenvalue weighted by atomic mass is 10.1. The van der Waals surface area contributed by atoms with Crippen LogP contribution in [0.5, 0.6) is 0 Å². The molecular formula is C11H16N4O4. The van der Waals surface area contributed by atoms with Gasteiger partial charge >= 0.3 is 11.8 Å². The quantitative estimate of drug-likeness (QED) is 0.594. The number of hydrogen-bond acceptors (Lipinski definition) is 5. The number of aliphatic carboxylic acids is 1. The zero-order valence-corrected chi connectivity index (χ0v) is 10.8. The molecule has 1 aromatic rings. The summed E-state index contributed by atoms with van der Waals surface area (Å²) in [6.07, 6.45) is 1.86. The van der Waals surface area contributed by atoms with Crippen LogP contribution in [0.15, 0.2) is 0 Å². The minimum absolute atomic E-state index is 0.0496. The molecule has 1 atom stereocenters. The Balaban J connectivity index is 2.25. The maximum atomic E-state index is 10.9. The summed E-state index contributed by atoms with van der Waals surface area (Å²) in [6, 6.07) is -0.286. The Hall–Kier alpha value is -2.12. The van der Waals surface area contributed by atoms with Gasteiger partial charge in [-0.25, -0.2) is 0 Å². The van der Waals surface area contributed by atoms with Gasteiger partial charge in [0.2, 0.25) is 11.6 Å². The summed E-state index contributed by atoms with van der Waals surface area (Å²) in [5, 5.41) is 22.8. The van der Waals surface area contributed by atoms with E-state index in [4.69, 9.17) is 5.11 Å². The normalized spacial score (nSPS) is 16.1. The van der Waals surface area contributed by atoms with Gasteiger partial charge in [0.25, 0.3) is 0 Å². The molecule has 1 fully saturated rings. The fourth-order valence-electron chi connectivity index (χ4n) is 2.08. The van der Waals surface area contributed by atoms with E-state index in [0.717, 1.165) is 12.8 Å². The van der Waals surface area contributed by atoms with Crippen LogP contribution >= 0.6 is 0 Å². The number of imidazole rings is 1. The molecule has 1 heterocycles. The van der Waals surface area contributed by atoms with Gasteiger partial charge < -0.3 is 20.5 Å². The topological polar surface area (TPSA) is 110 Å². The number of nitrogens with zero attached hydrogens (tertiary/aromatic N) is 3. The molecular weight excluding hydrogens is 252 g/mol. The molecule has 19 heavy (non-hydrogen) atoms. The molecule has 0 amide bonds. The van der Waals surface area contributed by atoms with Crippen LogP contribution in [0.4, 0.5) is 11.6 Å². The number of carboxylic acid groups (broad SMARTS) is 1. The number of carboxylic acids is 1. The summed E-state index contributed by atoms with van der Waals surface area (Å²) < 4.78 is 1.58. The maximum Gasteiger partial charge on any atom is 0.406 e. The zero-order chi connectivity index (χ0) is 14.2. The Morgan fingerprint density at radius 3 is 2.79 bits per heavy atom. The van der Waals surface area contributed by atoms with Crippen molar-refractivity contribution < 1.29 is 14.8 Å². The van der Waals surface area contributed by atoms with Crippen LogP contribution in [-0.2, 0) is 11.8 Å². The molecule has 1 aliphatic rings. The van der Waals surface area contributed by atoms with Crippen molar-refractivity contribution >= 4 is 17.6 Å². The molecule has 8 nitrogen and oxygen atoms in total. The van der Waals surface area contributed by atoms with E-state index in [0.29, 0.717) is 5.82 Å². The van der Waals surface area contributed by atoms with Crippen molar-refractivity contribution in [2.24, 2.45) is 13.0 Å². The van der Waals surface area contributed by atoms with Gasteiger partial charge in [-0.1, -0.05) is 0 Å². The predicted molar refractivity (Wildman–Crippen MR) is 67.0 cm³/mol. The number of hydrogen-bond donors (Lipinski definition) is 2. The highest BCUT2D eigenvalue weighted by molar-refractivity contribution is 5.69. The summed E-state index contributed by atoms with van der Waals surface area (Å²) in [5.74, 6) is -0.104. The monoisotopic (exact) mass is 268 g/mol. The second-order valence-electron chi connectivity index (χ2n) is 4.83. The Morgan fingerprint density at radius 1 is 1.68 bits per heavy atom. The lowest BCUT2D eigenvalue weighted by Gasteiger charge is -2.17. The number of aromatic nitrogens is 2. The Kier molecular flexibility index (Phi) is 3.41. The molecule has 104 valence electrons. The lowest BCUT2D eigenvalue weighted by Crippen LogP contribution is -2.26. The molecule has 1 aliphatic carbocycles. The third kappa shape index (κ3) is 2.83. The van der Waals surface area contributed by atoms with Crippen molar-refractivity contribution in [2.45, 2.75) is 32.2 Å². The molecule has 0 radical (unpaired) electrons. The summed E-state index contributed by atoms with van der Waals surface area (Å²) >= 11 is 0. The van der Waals surface area contributed by atoms with Crippen molar-refractivity contribution in [3.05, 3.63) is 15.9 Å². The smallest absolute Gasteiger partial charge is 0.406 e. The number of carbonyl (C=O) groups is 1. The predicted octanol–water partition coefficient (Wildman–Crippen LogP) is 1.30. The first kappa shape index (κ1) is 13.3. The van der Waals surface area contributed by atoms with Crippen molar-refractivity contribution in [1.29, 1.82) is 0 Å². The van der Waals surface area contributed by atoms with E-state index < -0.39 is 10.9 Å². The molecule has 1 saturated carbocycles. The van der Waals surface area contributed by atoms with Crippen LogP contribution in [0.3, 0.4) is 0 Å². The largest absolute Gasteiger partial charge is 0.481 e. The Morgan fingerprint density at radius 2 is 2.32 bits per heavy atom. The molecule has 1 aromatic heterocycles. The van der Waals surface area contributed by atoms with Gasteiger partial charge in [0.1, 0.15) is 0 Å². The molecule has 0 bridgehead atoms.